The van der Waals surface area contributed by atoms with Gasteiger partial charge in [-0.3, -0.25) is 0 Å². The van der Waals surface area contributed by atoms with Gasteiger partial charge in [0.15, 0.2) is 0 Å². The van der Waals surface area contributed by atoms with Gasteiger partial charge in [0, 0.05) is 6.54 Å². The van der Waals surface area contributed by atoms with Crippen LogP contribution in [0.3, 0.4) is 0 Å². The van der Waals surface area contributed by atoms with Crippen LogP contribution in [0.15, 0.2) is 30.3 Å². The Morgan fingerprint density at radius 3 is 2.47 bits per heavy atom. The lowest BCUT2D eigenvalue weighted by atomic mass is 10.1. The summed E-state index contributed by atoms with van der Waals surface area (Å²) in [6.07, 6.45) is -0.407. The number of alkyl carbamates (subject to hydrolysis) is 1. The average Bonchev–Trinajstić information content (AvgIpc) is 2.35. The number of hydrogen-bond donors (Lipinski definition) is 1. The summed E-state index contributed by atoms with van der Waals surface area (Å²) < 4.78 is 10.9. The van der Waals surface area contributed by atoms with E-state index in [4.69, 9.17) is 9.47 Å². The lowest BCUT2D eigenvalue weighted by molar-refractivity contribution is 0.00408. The van der Waals surface area contributed by atoms with Crippen molar-refractivity contribution in [1.82, 2.24) is 5.32 Å². The van der Waals surface area contributed by atoms with Gasteiger partial charge in [0.2, 0.25) is 0 Å². The van der Waals surface area contributed by atoms with Crippen molar-refractivity contribution < 1.29 is 14.3 Å². The number of nitrogens with one attached hydrogen (secondary N) is 1. The molecule has 0 saturated heterocycles. The maximum atomic E-state index is 11.6. The highest BCUT2D eigenvalue weighted by Gasteiger charge is 2.24. The SMILES string of the molecule is CC(C)CNC(=O)OC(C)(C)COc1ccccc1. The van der Waals surface area contributed by atoms with Gasteiger partial charge in [0.25, 0.3) is 0 Å². The molecule has 1 aromatic rings. The van der Waals surface area contributed by atoms with Crippen LogP contribution in [-0.2, 0) is 4.74 Å². The normalized spacial score (nSPS) is 11.2. The molecule has 106 valence electrons. The Labute approximate surface area is 115 Å². The lowest BCUT2D eigenvalue weighted by Gasteiger charge is -2.25. The first-order valence-corrected chi connectivity index (χ1v) is 6.54. The third-order valence-corrected chi connectivity index (χ3v) is 2.35. The molecule has 0 fully saturated rings. The maximum absolute atomic E-state index is 11.6. The fourth-order valence-corrected chi connectivity index (χ4v) is 1.38. The minimum Gasteiger partial charge on any atom is -0.489 e. The van der Waals surface area contributed by atoms with Crippen LogP contribution in [0.2, 0.25) is 0 Å². The molecular formula is C15H23NO3. The Bertz CT molecular complexity index is 388. The van der Waals surface area contributed by atoms with E-state index < -0.39 is 11.7 Å². The van der Waals surface area contributed by atoms with Gasteiger partial charge >= 0.3 is 6.09 Å². The molecule has 0 atom stereocenters. The number of hydrogen-bond acceptors (Lipinski definition) is 3. The quantitative estimate of drug-likeness (QED) is 0.859. The third kappa shape index (κ3) is 6.70. The molecule has 0 unspecified atom stereocenters. The highest BCUT2D eigenvalue weighted by Crippen LogP contribution is 2.14. The Kier molecular flexibility index (Phi) is 5.67. The highest BCUT2D eigenvalue weighted by molar-refractivity contribution is 5.67. The molecule has 0 radical (unpaired) electrons. The molecule has 0 aliphatic carbocycles. The summed E-state index contributed by atoms with van der Waals surface area (Å²) in [6.45, 7) is 8.63. The van der Waals surface area contributed by atoms with E-state index in [1.54, 1.807) is 0 Å². The Hall–Kier alpha value is -1.71. The first-order valence-electron chi connectivity index (χ1n) is 6.54. The molecule has 0 aliphatic heterocycles. The van der Waals surface area contributed by atoms with Gasteiger partial charge in [-0.2, -0.15) is 0 Å². The minimum atomic E-state index is -0.670. The van der Waals surface area contributed by atoms with Crippen molar-refractivity contribution in [2.24, 2.45) is 5.92 Å². The van der Waals surface area contributed by atoms with Crippen LogP contribution >= 0.6 is 0 Å². The molecule has 0 bridgehead atoms. The van der Waals surface area contributed by atoms with Crippen molar-refractivity contribution in [2.75, 3.05) is 13.2 Å². The molecule has 4 heteroatoms. The number of ether oxygens (including phenoxy) is 2. The average molecular weight is 265 g/mol. The third-order valence-electron chi connectivity index (χ3n) is 2.35. The van der Waals surface area contributed by atoms with E-state index in [-0.39, 0.29) is 0 Å². The molecule has 1 N–H and O–H groups in total. The fourth-order valence-electron chi connectivity index (χ4n) is 1.38. The second-order valence-electron chi connectivity index (χ2n) is 5.53. The summed E-state index contributed by atoms with van der Waals surface area (Å²) in [5.74, 6) is 1.16. The van der Waals surface area contributed by atoms with Gasteiger partial charge in [0.1, 0.15) is 18.0 Å². The molecule has 1 aromatic carbocycles. The van der Waals surface area contributed by atoms with Gasteiger partial charge in [-0.15, -0.1) is 0 Å². The van der Waals surface area contributed by atoms with E-state index in [9.17, 15) is 4.79 Å². The van der Waals surface area contributed by atoms with Crippen molar-refractivity contribution >= 4 is 6.09 Å². The summed E-state index contributed by atoms with van der Waals surface area (Å²) >= 11 is 0. The summed E-state index contributed by atoms with van der Waals surface area (Å²) in [4.78, 5) is 11.6. The molecule has 1 rings (SSSR count). The molecule has 4 nitrogen and oxygen atoms in total. The van der Waals surface area contributed by atoms with Crippen LogP contribution in [0.5, 0.6) is 5.75 Å². The van der Waals surface area contributed by atoms with E-state index in [0.717, 1.165) is 5.75 Å². The van der Waals surface area contributed by atoms with Gasteiger partial charge < -0.3 is 14.8 Å². The molecule has 0 spiro atoms. The lowest BCUT2D eigenvalue weighted by Crippen LogP contribution is -2.39. The van der Waals surface area contributed by atoms with Gasteiger partial charge in [0.05, 0.1) is 0 Å². The number of para-hydroxylation sites is 1. The fraction of sp³-hybridized carbons (Fsp3) is 0.533. The highest BCUT2D eigenvalue weighted by atomic mass is 16.6. The summed E-state index contributed by atoms with van der Waals surface area (Å²) in [6, 6.07) is 9.47. The van der Waals surface area contributed by atoms with E-state index in [2.05, 4.69) is 5.32 Å². The summed E-state index contributed by atoms with van der Waals surface area (Å²) in [5, 5.41) is 2.72. The zero-order chi connectivity index (χ0) is 14.3. The number of carbonyl (C=O) groups is 1. The van der Waals surface area contributed by atoms with Crippen LogP contribution in [-0.4, -0.2) is 24.8 Å². The second-order valence-corrected chi connectivity index (χ2v) is 5.53. The smallest absolute Gasteiger partial charge is 0.407 e. The van der Waals surface area contributed by atoms with Crippen LogP contribution in [0, 0.1) is 5.92 Å². The predicted molar refractivity (Wildman–Crippen MR) is 75.3 cm³/mol. The van der Waals surface area contributed by atoms with Crippen molar-refractivity contribution in [3.63, 3.8) is 0 Å². The molecule has 1 amide bonds. The second kappa shape index (κ2) is 7.02. The Morgan fingerprint density at radius 2 is 1.89 bits per heavy atom. The van der Waals surface area contributed by atoms with Gasteiger partial charge in [-0.05, 0) is 31.9 Å². The number of benzene rings is 1. The first kappa shape index (κ1) is 15.3. The van der Waals surface area contributed by atoms with E-state index in [1.165, 1.54) is 0 Å². The van der Waals surface area contributed by atoms with Crippen LogP contribution < -0.4 is 10.1 Å². The van der Waals surface area contributed by atoms with Crippen molar-refractivity contribution in [3.8, 4) is 5.75 Å². The largest absolute Gasteiger partial charge is 0.489 e. The van der Waals surface area contributed by atoms with Crippen molar-refractivity contribution in [2.45, 2.75) is 33.3 Å². The molecular weight excluding hydrogens is 242 g/mol. The van der Waals surface area contributed by atoms with Crippen molar-refractivity contribution in [1.29, 1.82) is 0 Å². The zero-order valence-corrected chi connectivity index (χ0v) is 12.1. The van der Waals surface area contributed by atoms with E-state index >= 15 is 0 Å². The number of amides is 1. The molecule has 19 heavy (non-hydrogen) atoms. The Balaban J connectivity index is 2.36. The van der Waals surface area contributed by atoms with Crippen LogP contribution in [0.4, 0.5) is 4.79 Å². The standard InChI is InChI=1S/C15H23NO3/c1-12(2)10-16-14(17)19-15(3,4)11-18-13-8-6-5-7-9-13/h5-9,12H,10-11H2,1-4H3,(H,16,17). The molecule has 0 aliphatic rings. The maximum Gasteiger partial charge on any atom is 0.407 e. The molecule has 0 aromatic heterocycles. The minimum absolute atomic E-state index is 0.312. The van der Waals surface area contributed by atoms with Crippen LogP contribution in [0.1, 0.15) is 27.7 Å². The Morgan fingerprint density at radius 1 is 1.26 bits per heavy atom. The van der Waals surface area contributed by atoms with Gasteiger partial charge in [-0.1, -0.05) is 32.0 Å². The van der Waals surface area contributed by atoms with Crippen molar-refractivity contribution in [3.05, 3.63) is 30.3 Å². The summed E-state index contributed by atoms with van der Waals surface area (Å²) in [5.41, 5.74) is -0.670. The van der Waals surface area contributed by atoms with E-state index in [1.807, 2.05) is 58.0 Å². The topological polar surface area (TPSA) is 47.6 Å². The van der Waals surface area contributed by atoms with Gasteiger partial charge in [-0.25, -0.2) is 4.79 Å². The number of rotatable bonds is 6. The molecule has 0 heterocycles. The predicted octanol–water partition coefficient (Wildman–Crippen LogP) is 3.23. The van der Waals surface area contributed by atoms with Crippen LogP contribution in [0.25, 0.3) is 0 Å². The van der Waals surface area contributed by atoms with E-state index in [0.29, 0.717) is 19.1 Å². The number of carbonyl (C=O) groups excluding carboxylic acids is 1. The first-order chi connectivity index (χ1) is 8.89. The zero-order valence-electron chi connectivity index (χ0n) is 12.1. The molecule has 0 saturated carbocycles. The monoisotopic (exact) mass is 265 g/mol. The summed E-state index contributed by atoms with van der Waals surface area (Å²) in [7, 11) is 0.